The van der Waals surface area contributed by atoms with Crippen LogP contribution in [0.1, 0.15) is 42.1 Å². The Kier molecular flexibility index (Phi) is 3.85. The van der Waals surface area contributed by atoms with E-state index in [0.29, 0.717) is 22.9 Å². The van der Waals surface area contributed by atoms with Crippen LogP contribution in [0.5, 0.6) is 0 Å². The molecule has 0 spiro atoms. The summed E-state index contributed by atoms with van der Waals surface area (Å²) in [6.45, 7) is 4.32. The molecule has 1 amide bonds. The zero-order chi connectivity index (χ0) is 17.0. The standard InChI is InChI=1S/C14H19N3O4S2/c1-14(2)4-9-12(10(18)5-14)22-13(16-9)17-6-8(3-11(17)19)7-23(15,20)21/h8H,3-7H2,1-2H3,(H2,15,20,21). The number of fused-ring (bicyclic) bond motifs is 1. The Morgan fingerprint density at radius 1 is 1.35 bits per heavy atom. The Morgan fingerprint density at radius 2 is 2.04 bits per heavy atom. The van der Waals surface area contributed by atoms with Gasteiger partial charge in [0.1, 0.15) is 0 Å². The molecule has 7 nitrogen and oxygen atoms in total. The second-order valence-electron chi connectivity index (χ2n) is 7.12. The van der Waals surface area contributed by atoms with Gasteiger partial charge in [0.2, 0.25) is 15.9 Å². The average Bonchev–Trinajstić information content (AvgIpc) is 2.89. The van der Waals surface area contributed by atoms with Crippen LogP contribution in [0, 0.1) is 11.3 Å². The van der Waals surface area contributed by atoms with E-state index in [1.165, 1.54) is 16.2 Å². The monoisotopic (exact) mass is 357 g/mol. The van der Waals surface area contributed by atoms with Gasteiger partial charge in [0.05, 0.1) is 16.3 Å². The molecule has 9 heteroatoms. The molecule has 0 aromatic carbocycles. The number of anilines is 1. The summed E-state index contributed by atoms with van der Waals surface area (Å²) >= 11 is 1.23. The largest absolute Gasteiger partial charge is 0.293 e. The number of amides is 1. The van der Waals surface area contributed by atoms with Crippen LogP contribution < -0.4 is 10.0 Å². The van der Waals surface area contributed by atoms with Crippen LogP contribution in [-0.2, 0) is 21.2 Å². The fraction of sp³-hybridized carbons (Fsp3) is 0.643. The van der Waals surface area contributed by atoms with Gasteiger partial charge in [-0.25, -0.2) is 18.5 Å². The molecule has 1 atom stereocenters. The number of aromatic nitrogens is 1. The average molecular weight is 357 g/mol. The number of ketones is 1. The van der Waals surface area contributed by atoms with Crippen LogP contribution in [-0.4, -0.2) is 37.4 Å². The second-order valence-corrected chi connectivity index (χ2v) is 9.75. The maximum atomic E-state index is 12.2. The molecule has 1 unspecified atom stereocenters. The number of hydrogen-bond donors (Lipinski definition) is 1. The van der Waals surface area contributed by atoms with Crippen molar-refractivity contribution in [2.24, 2.45) is 16.5 Å². The fourth-order valence-corrected chi connectivity index (χ4v) is 5.16. The molecule has 1 aliphatic heterocycles. The molecule has 1 fully saturated rings. The summed E-state index contributed by atoms with van der Waals surface area (Å²) in [7, 11) is -3.61. The van der Waals surface area contributed by atoms with Gasteiger partial charge in [-0.15, -0.1) is 0 Å². The first kappa shape index (κ1) is 16.5. The van der Waals surface area contributed by atoms with E-state index in [-0.39, 0.29) is 41.7 Å². The van der Waals surface area contributed by atoms with E-state index in [2.05, 4.69) is 4.98 Å². The summed E-state index contributed by atoms with van der Waals surface area (Å²) in [4.78, 5) is 31.0. The molecular weight excluding hydrogens is 338 g/mol. The molecule has 1 aliphatic carbocycles. The van der Waals surface area contributed by atoms with Crippen molar-refractivity contribution in [3.8, 4) is 0 Å². The van der Waals surface area contributed by atoms with Crippen molar-refractivity contribution < 1.29 is 18.0 Å². The molecule has 2 aliphatic rings. The second kappa shape index (κ2) is 5.35. The molecule has 23 heavy (non-hydrogen) atoms. The van der Waals surface area contributed by atoms with E-state index in [1.807, 2.05) is 13.8 Å². The van der Waals surface area contributed by atoms with Crippen LogP contribution in [0.4, 0.5) is 5.13 Å². The minimum Gasteiger partial charge on any atom is -0.293 e. The number of sulfonamides is 1. The molecule has 3 rings (SSSR count). The minimum atomic E-state index is -3.61. The van der Waals surface area contributed by atoms with Gasteiger partial charge in [-0.1, -0.05) is 25.2 Å². The summed E-state index contributed by atoms with van der Waals surface area (Å²) < 4.78 is 22.4. The maximum absolute atomic E-state index is 12.2. The Morgan fingerprint density at radius 3 is 2.70 bits per heavy atom. The lowest BCUT2D eigenvalue weighted by Crippen LogP contribution is -2.27. The zero-order valence-electron chi connectivity index (χ0n) is 13.0. The first-order valence-electron chi connectivity index (χ1n) is 7.38. The molecule has 1 aromatic heterocycles. The highest BCUT2D eigenvalue weighted by atomic mass is 32.2. The van der Waals surface area contributed by atoms with E-state index < -0.39 is 10.0 Å². The van der Waals surface area contributed by atoms with Crippen LogP contribution in [0.15, 0.2) is 0 Å². The number of Topliss-reactive ketones (excluding diaryl/α,β-unsaturated/α-hetero) is 1. The Labute approximate surface area is 138 Å². The number of hydrogen-bond acceptors (Lipinski definition) is 6. The predicted molar refractivity (Wildman–Crippen MR) is 87.0 cm³/mol. The van der Waals surface area contributed by atoms with Crippen molar-refractivity contribution in [1.82, 2.24) is 4.98 Å². The number of carbonyl (C=O) groups excluding carboxylic acids is 2. The third kappa shape index (κ3) is 3.46. The van der Waals surface area contributed by atoms with E-state index in [9.17, 15) is 18.0 Å². The summed E-state index contributed by atoms with van der Waals surface area (Å²) in [5, 5.41) is 5.55. The Balaban J connectivity index is 1.84. The first-order chi connectivity index (χ1) is 10.5. The lowest BCUT2D eigenvalue weighted by Gasteiger charge is -2.26. The van der Waals surface area contributed by atoms with E-state index in [0.717, 1.165) is 5.69 Å². The number of rotatable bonds is 3. The lowest BCUT2D eigenvalue weighted by molar-refractivity contribution is -0.117. The Hall–Kier alpha value is -1.32. The van der Waals surface area contributed by atoms with Crippen molar-refractivity contribution in [1.29, 1.82) is 0 Å². The van der Waals surface area contributed by atoms with Crippen molar-refractivity contribution in [2.75, 3.05) is 17.2 Å². The van der Waals surface area contributed by atoms with Gasteiger partial charge >= 0.3 is 0 Å². The quantitative estimate of drug-likeness (QED) is 0.865. The molecule has 126 valence electrons. The zero-order valence-corrected chi connectivity index (χ0v) is 14.7. The van der Waals surface area contributed by atoms with Crippen molar-refractivity contribution in [2.45, 2.75) is 33.1 Å². The molecule has 0 bridgehead atoms. The first-order valence-corrected chi connectivity index (χ1v) is 9.91. The number of primary sulfonamides is 1. The van der Waals surface area contributed by atoms with E-state index >= 15 is 0 Å². The highest BCUT2D eigenvalue weighted by Gasteiger charge is 2.38. The number of thiazole rings is 1. The summed E-state index contributed by atoms with van der Waals surface area (Å²) in [6.07, 6.45) is 1.32. The summed E-state index contributed by atoms with van der Waals surface area (Å²) in [5.74, 6) is -0.651. The molecule has 0 radical (unpaired) electrons. The number of nitrogens with zero attached hydrogens (tertiary/aromatic N) is 2. The van der Waals surface area contributed by atoms with Crippen LogP contribution in [0.3, 0.4) is 0 Å². The molecule has 1 aromatic rings. The maximum Gasteiger partial charge on any atom is 0.229 e. The van der Waals surface area contributed by atoms with Gasteiger partial charge in [-0.05, 0) is 11.8 Å². The van der Waals surface area contributed by atoms with E-state index in [4.69, 9.17) is 5.14 Å². The topological polar surface area (TPSA) is 110 Å². The molecule has 2 heterocycles. The smallest absolute Gasteiger partial charge is 0.229 e. The molecule has 0 saturated carbocycles. The molecule has 2 N–H and O–H groups in total. The summed E-state index contributed by atoms with van der Waals surface area (Å²) in [6, 6.07) is 0. The Bertz CT molecular complexity index is 782. The number of nitrogens with two attached hydrogens (primary N) is 1. The highest BCUT2D eigenvalue weighted by Crippen LogP contribution is 2.40. The van der Waals surface area contributed by atoms with Crippen molar-refractivity contribution in [3.63, 3.8) is 0 Å². The van der Waals surface area contributed by atoms with E-state index in [1.54, 1.807) is 0 Å². The summed E-state index contributed by atoms with van der Waals surface area (Å²) in [5.41, 5.74) is 0.620. The van der Waals surface area contributed by atoms with Crippen LogP contribution in [0.2, 0.25) is 0 Å². The van der Waals surface area contributed by atoms with Crippen molar-refractivity contribution in [3.05, 3.63) is 10.6 Å². The van der Waals surface area contributed by atoms with Gasteiger partial charge in [-0.3, -0.25) is 14.5 Å². The predicted octanol–water partition coefficient (Wildman–Crippen LogP) is 0.940. The molecule has 1 saturated heterocycles. The number of carbonyl (C=O) groups is 2. The third-order valence-corrected chi connectivity index (χ3v) is 6.23. The lowest BCUT2D eigenvalue weighted by atomic mass is 9.78. The highest BCUT2D eigenvalue weighted by molar-refractivity contribution is 7.89. The van der Waals surface area contributed by atoms with Crippen LogP contribution >= 0.6 is 11.3 Å². The normalized spacial score (nSPS) is 24.1. The molecular formula is C14H19N3O4S2. The van der Waals surface area contributed by atoms with Crippen molar-refractivity contribution >= 4 is 38.2 Å². The van der Waals surface area contributed by atoms with Gasteiger partial charge < -0.3 is 0 Å². The van der Waals surface area contributed by atoms with Crippen LogP contribution in [0.25, 0.3) is 0 Å². The third-order valence-electron chi connectivity index (χ3n) is 4.13. The van der Waals surface area contributed by atoms with Gasteiger partial charge in [0.25, 0.3) is 0 Å². The SMILES string of the molecule is CC1(C)CC(=O)c2sc(N3CC(CS(N)(=O)=O)CC3=O)nc2C1. The van der Waals surface area contributed by atoms with Gasteiger partial charge in [0.15, 0.2) is 10.9 Å². The van der Waals surface area contributed by atoms with Gasteiger partial charge in [0, 0.05) is 25.3 Å². The fourth-order valence-electron chi connectivity index (χ4n) is 3.23. The minimum absolute atomic E-state index is 0.0627. The van der Waals surface area contributed by atoms with Gasteiger partial charge in [-0.2, -0.15) is 0 Å².